The van der Waals surface area contributed by atoms with Gasteiger partial charge in [-0.1, -0.05) is 0 Å². The number of morpholine rings is 1. The van der Waals surface area contributed by atoms with Crippen molar-refractivity contribution in [1.82, 2.24) is 15.1 Å². The topological polar surface area (TPSA) is 38.2 Å². The highest BCUT2D eigenvalue weighted by Gasteiger charge is 2.10. The molecule has 0 amide bonds. The van der Waals surface area contributed by atoms with Gasteiger partial charge in [0.25, 0.3) is 0 Å². The van der Waals surface area contributed by atoms with E-state index in [-0.39, 0.29) is 0 Å². The van der Waals surface area contributed by atoms with Gasteiger partial charge in [-0.15, -0.1) is 21.5 Å². The first-order valence-corrected chi connectivity index (χ1v) is 5.38. The molecular formula is C8H13N3OS. The van der Waals surface area contributed by atoms with Gasteiger partial charge in [0.1, 0.15) is 10.5 Å². The SMILES string of the molecule is c1nnc(CCN2CCOCC2)s1. The van der Waals surface area contributed by atoms with Crippen molar-refractivity contribution >= 4 is 11.3 Å². The molecule has 0 aliphatic carbocycles. The summed E-state index contributed by atoms with van der Waals surface area (Å²) in [5.41, 5.74) is 1.79. The predicted octanol–water partition coefficient (Wildman–Crippen LogP) is 0.413. The summed E-state index contributed by atoms with van der Waals surface area (Å²) in [5, 5.41) is 8.95. The zero-order valence-electron chi connectivity index (χ0n) is 7.48. The van der Waals surface area contributed by atoms with Gasteiger partial charge in [0, 0.05) is 26.1 Å². The van der Waals surface area contributed by atoms with Crippen LogP contribution in [0.15, 0.2) is 5.51 Å². The predicted molar refractivity (Wildman–Crippen MR) is 50.9 cm³/mol. The molecule has 72 valence electrons. The second kappa shape index (κ2) is 4.64. The molecule has 1 fully saturated rings. The van der Waals surface area contributed by atoms with Crippen molar-refractivity contribution in [2.45, 2.75) is 6.42 Å². The summed E-state index contributed by atoms with van der Waals surface area (Å²) in [6, 6.07) is 0. The molecule has 5 heteroatoms. The fourth-order valence-corrected chi connectivity index (χ4v) is 1.90. The third kappa shape index (κ3) is 2.72. The van der Waals surface area contributed by atoms with Crippen LogP contribution in [0.2, 0.25) is 0 Å². The largest absolute Gasteiger partial charge is 0.379 e. The minimum Gasteiger partial charge on any atom is -0.379 e. The van der Waals surface area contributed by atoms with Gasteiger partial charge in [0.15, 0.2) is 0 Å². The summed E-state index contributed by atoms with van der Waals surface area (Å²) in [6.07, 6.45) is 1.02. The second-order valence-electron chi connectivity index (χ2n) is 3.04. The van der Waals surface area contributed by atoms with Gasteiger partial charge in [-0.3, -0.25) is 4.90 Å². The molecule has 0 saturated carbocycles. The first-order chi connectivity index (χ1) is 6.45. The van der Waals surface area contributed by atoms with Crippen molar-refractivity contribution in [3.63, 3.8) is 0 Å². The molecule has 0 radical (unpaired) electrons. The van der Waals surface area contributed by atoms with Crippen LogP contribution >= 0.6 is 11.3 Å². The van der Waals surface area contributed by atoms with Crippen LogP contribution < -0.4 is 0 Å². The monoisotopic (exact) mass is 199 g/mol. The fourth-order valence-electron chi connectivity index (χ4n) is 1.38. The normalized spacial score (nSPS) is 19.1. The quantitative estimate of drug-likeness (QED) is 0.707. The van der Waals surface area contributed by atoms with Gasteiger partial charge in [0.05, 0.1) is 13.2 Å². The standard InChI is InChI=1S/C8H13N3OS/c1(8-10-9-7-13-8)2-11-3-5-12-6-4-11/h7H,1-6H2. The third-order valence-corrected chi connectivity index (χ3v) is 2.91. The number of aromatic nitrogens is 2. The highest BCUT2D eigenvalue weighted by molar-refractivity contribution is 7.09. The van der Waals surface area contributed by atoms with Crippen molar-refractivity contribution in [3.8, 4) is 0 Å². The molecule has 0 N–H and O–H groups in total. The lowest BCUT2D eigenvalue weighted by Gasteiger charge is -2.25. The fraction of sp³-hybridized carbons (Fsp3) is 0.750. The third-order valence-electron chi connectivity index (χ3n) is 2.15. The zero-order valence-corrected chi connectivity index (χ0v) is 8.29. The molecule has 0 unspecified atom stereocenters. The van der Waals surface area contributed by atoms with Gasteiger partial charge in [-0.2, -0.15) is 0 Å². The molecule has 13 heavy (non-hydrogen) atoms. The van der Waals surface area contributed by atoms with Crippen LogP contribution in [0.1, 0.15) is 5.01 Å². The van der Waals surface area contributed by atoms with Crippen LogP contribution in [-0.4, -0.2) is 47.9 Å². The van der Waals surface area contributed by atoms with E-state index in [2.05, 4.69) is 15.1 Å². The van der Waals surface area contributed by atoms with E-state index < -0.39 is 0 Å². The first-order valence-electron chi connectivity index (χ1n) is 4.50. The van der Waals surface area contributed by atoms with Gasteiger partial charge in [0.2, 0.25) is 0 Å². The molecule has 2 heterocycles. The number of hydrogen-bond donors (Lipinski definition) is 0. The van der Waals surface area contributed by atoms with Crippen molar-refractivity contribution in [3.05, 3.63) is 10.5 Å². The maximum absolute atomic E-state index is 5.27. The smallest absolute Gasteiger partial charge is 0.118 e. The molecule has 1 aromatic rings. The Balaban J connectivity index is 1.72. The van der Waals surface area contributed by atoms with Gasteiger partial charge >= 0.3 is 0 Å². The summed E-state index contributed by atoms with van der Waals surface area (Å²) < 4.78 is 5.27. The van der Waals surface area contributed by atoms with E-state index in [0.717, 1.165) is 44.3 Å². The van der Waals surface area contributed by atoms with E-state index >= 15 is 0 Å². The van der Waals surface area contributed by atoms with Crippen molar-refractivity contribution in [1.29, 1.82) is 0 Å². The lowest BCUT2D eigenvalue weighted by molar-refractivity contribution is 0.0384. The van der Waals surface area contributed by atoms with E-state index in [1.54, 1.807) is 16.8 Å². The Bertz CT molecular complexity index is 234. The summed E-state index contributed by atoms with van der Waals surface area (Å²) in [6.45, 7) is 4.93. The van der Waals surface area contributed by atoms with Crippen LogP contribution in [0.5, 0.6) is 0 Å². The lowest BCUT2D eigenvalue weighted by Crippen LogP contribution is -2.37. The highest BCUT2D eigenvalue weighted by atomic mass is 32.1. The maximum Gasteiger partial charge on any atom is 0.118 e. The summed E-state index contributed by atoms with van der Waals surface area (Å²) in [7, 11) is 0. The second-order valence-corrected chi connectivity index (χ2v) is 3.95. The van der Waals surface area contributed by atoms with E-state index in [1.807, 2.05) is 0 Å². The van der Waals surface area contributed by atoms with E-state index in [4.69, 9.17) is 4.74 Å². The number of hydrogen-bond acceptors (Lipinski definition) is 5. The number of ether oxygens (including phenoxy) is 1. The molecule has 1 aliphatic rings. The Labute approximate surface area is 81.5 Å². The maximum atomic E-state index is 5.27. The molecule has 1 aromatic heterocycles. The molecule has 1 saturated heterocycles. The molecule has 0 spiro atoms. The Morgan fingerprint density at radius 1 is 1.46 bits per heavy atom. The molecular weight excluding hydrogens is 186 g/mol. The average Bonchev–Trinajstić information content (AvgIpc) is 2.69. The molecule has 1 aliphatic heterocycles. The Kier molecular flexibility index (Phi) is 3.23. The van der Waals surface area contributed by atoms with Crippen LogP contribution in [0.4, 0.5) is 0 Å². The Hall–Kier alpha value is -0.520. The molecule has 0 bridgehead atoms. The minimum atomic E-state index is 0.871. The number of rotatable bonds is 3. The molecule has 0 atom stereocenters. The summed E-state index contributed by atoms with van der Waals surface area (Å²) in [5.74, 6) is 0. The molecule has 4 nitrogen and oxygen atoms in total. The van der Waals surface area contributed by atoms with Crippen LogP contribution in [0.25, 0.3) is 0 Å². The Morgan fingerprint density at radius 2 is 2.31 bits per heavy atom. The van der Waals surface area contributed by atoms with Gasteiger partial charge in [-0.05, 0) is 0 Å². The first kappa shape index (κ1) is 9.05. The van der Waals surface area contributed by atoms with Gasteiger partial charge < -0.3 is 4.74 Å². The van der Waals surface area contributed by atoms with Crippen molar-refractivity contribution < 1.29 is 4.74 Å². The van der Waals surface area contributed by atoms with Crippen LogP contribution in [0, 0.1) is 0 Å². The van der Waals surface area contributed by atoms with Crippen molar-refractivity contribution in [2.24, 2.45) is 0 Å². The van der Waals surface area contributed by atoms with Crippen molar-refractivity contribution in [2.75, 3.05) is 32.8 Å². The minimum absolute atomic E-state index is 0.871. The van der Waals surface area contributed by atoms with Crippen LogP contribution in [0.3, 0.4) is 0 Å². The lowest BCUT2D eigenvalue weighted by atomic mass is 10.3. The van der Waals surface area contributed by atoms with E-state index in [1.165, 1.54) is 0 Å². The van der Waals surface area contributed by atoms with Crippen LogP contribution in [-0.2, 0) is 11.2 Å². The zero-order chi connectivity index (χ0) is 8.93. The average molecular weight is 199 g/mol. The number of nitrogens with zero attached hydrogens (tertiary/aromatic N) is 3. The molecule has 0 aromatic carbocycles. The van der Waals surface area contributed by atoms with E-state index in [9.17, 15) is 0 Å². The highest BCUT2D eigenvalue weighted by Crippen LogP contribution is 2.04. The van der Waals surface area contributed by atoms with Gasteiger partial charge in [-0.25, -0.2) is 0 Å². The summed E-state index contributed by atoms with van der Waals surface area (Å²) in [4.78, 5) is 2.41. The Morgan fingerprint density at radius 3 is 3.00 bits per heavy atom. The van der Waals surface area contributed by atoms with E-state index in [0.29, 0.717) is 0 Å². The molecule has 2 rings (SSSR count). The summed E-state index contributed by atoms with van der Waals surface area (Å²) >= 11 is 1.63.